The summed E-state index contributed by atoms with van der Waals surface area (Å²) in [4.78, 5) is 0.723. The Hall–Kier alpha value is -1.83. The summed E-state index contributed by atoms with van der Waals surface area (Å²) in [6, 6.07) is 2.04. The average molecular weight is 360 g/mol. The molecule has 1 heterocycles. The van der Waals surface area contributed by atoms with Gasteiger partial charge in [-0.05, 0) is 23.5 Å². The fraction of sp³-hybridized carbons (Fsp3) is 0.312. The normalized spacial score (nSPS) is 24.2. The molecule has 2 atom stereocenters. The lowest BCUT2D eigenvalue weighted by Crippen LogP contribution is -2.34. The zero-order valence-electron chi connectivity index (χ0n) is 12.3. The van der Waals surface area contributed by atoms with E-state index in [-0.39, 0.29) is 18.0 Å². The first-order chi connectivity index (χ1) is 11.3. The van der Waals surface area contributed by atoms with Gasteiger partial charge in [-0.15, -0.1) is 12.6 Å². The number of alkyl halides is 3. The van der Waals surface area contributed by atoms with Gasteiger partial charge in [0.05, 0.1) is 11.7 Å². The van der Waals surface area contributed by atoms with E-state index in [4.69, 9.17) is 0 Å². The lowest BCUT2D eigenvalue weighted by atomic mass is 9.89. The number of hydrogen-bond acceptors (Lipinski definition) is 3. The van der Waals surface area contributed by atoms with Crippen molar-refractivity contribution in [2.24, 2.45) is 11.0 Å². The van der Waals surface area contributed by atoms with Crippen molar-refractivity contribution in [2.75, 3.05) is 5.01 Å². The molecule has 0 N–H and O–H groups in total. The molecule has 0 spiro atoms. The Balaban J connectivity index is 1.97. The molecule has 0 saturated carbocycles. The van der Waals surface area contributed by atoms with Gasteiger partial charge in [-0.2, -0.15) is 18.3 Å². The SMILES string of the molecule is Fc1ccc(N2N=C(C(F)(F)F)C[C@@H]2C2C=CC(S)=CC2)c(F)c1. The van der Waals surface area contributed by atoms with E-state index in [0.29, 0.717) is 12.5 Å². The summed E-state index contributed by atoms with van der Waals surface area (Å²) in [5.41, 5.74) is -1.14. The molecule has 1 unspecified atom stereocenters. The highest BCUT2D eigenvalue weighted by molar-refractivity contribution is 7.84. The smallest absolute Gasteiger partial charge is 0.258 e. The molecule has 0 amide bonds. The van der Waals surface area contributed by atoms with Crippen LogP contribution >= 0.6 is 12.6 Å². The lowest BCUT2D eigenvalue weighted by molar-refractivity contribution is -0.0600. The number of benzene rings is 1. The highest BCUT2D eigenvalue weighted by Gasteiger charge is 2.45. The fourth-order valence-electron chi connectivity index (χ4n) is 2.85. The maximum Gasteiger partial charge on any atom is 0.431 e. The number of hydrazone groups is 1. The fourth-order valence-corrected chi connectivity index (χ4v) is 3.04. The van der Waals surface area contributed by atoms with Crippen LogP contribution in [0.4, 0.5) is 27.6 Å². The van der Waals surface area contributed by atoms with Crippen molar-refractivity contribution in [3.63, 3.8) is 0 Å². The van der Waals surface area contributed by atoms with E-state index in [2.05, 4.69) is 17.7 Å². The standard InChI is InChI=1S/C16H13F5N2S/c17-10-3-6-13(12(18)7-10)23-14(8-15(22-23)16(19,20)21)9-1-4-11(24)5-2-9/h1,3-7,9,14,24H,2,8H2/t9?,14-/m1/s1. The molecular weight excluding hydrogens is 347 g/mol. The summed E-state index contributed by atoms with van der Waals surface area (Å²) >= 11 is 4.18. The van der Waals surface area contributed by atoms with Crippen LogP contribution in [0.3, 0.4) is 0 Å². The molecule has 1 aromatic rings. The molecule has 1 aliphatic heterocycles. The van der Waals surface area contributed by atoms with Gasteiger partial charge in [-0.3, -0.25) is 5.01 Å². The minimum Gasteiger partial charge on any atom is -0.258 e. The van der Waals surface area contributed by atoms with Gasteiger partial charge in [0.1, 0.15) is 11.5 Å². The van der Waals surface area contributed by atoms with Crippen molar-refractivity contribution in [3.8, 4) is 0 Å². The van der Waals surface area contributed by atoms with Crippen LogP contribution in [-0.2, 0) is 0 Å². The van der Waals surface area contributed by atoms with Crippen LogP contribution in [0.25, 0.3) is 0 Å². The molecule has 0 fully saturated rings. The Labute approximate surface area is 140 Å². The summed E-state index contributed by atoms with van der Waals surface area (Å²) in [5.74, 6) is -2.03. The van der Waals surface area contributed by atoms with Gasteiger partial charge in [0, 0.05) is 18.4 Å². The van der Waals surface area contributed by atoms with Crippen molar-refractivity contribution in [1.82, 2.24) is 0 Å². The van der Waals surface area contributed by atoms with E-state index in [1.54, 1.807) is 18.2 Å². The Bertz CT molecular complexity index is 738. The van der Waals surface area contributed by atoms with E-state index in [1.165, 1.54) is 0 Å². The predicted molar refractivity (Wildman–Crippen MR) is 85.0 cm³/mol. The number of halogens is 5. The monoisotopic (exact) mass is 360 g/mol. The van der Waals surface area contributed by atoms with Gasteiger partial charge in [0.15, 0.2) is 5.82 Å². The number of anilines is 1. The van der Waals surface area contributed by atoms with Crippen LogP contribution in [-0.4, -0.2) is 17.9 Å². The number of rotatable bonds is 2. The molecule has 8 heteroatoms. The van der Waals surface area contributed by atoms with E-state index in [1.807, 2.05) is 0 Å². The van der Waals surface area contributed by atoms with Crippen LogP contribution < -0.4 is 5.01 Å². The molecule has 1 aliphatic carbocycles. The highest BCUT2D eigenvalue weighted by Crippen LogP contribution is 2.38. The minimum absolute atomic E-state index is 0.172. The first kappa shape index (κ1) is 17.0. The van der Waals surface area contributed by atoms with Crippen LogP contribution in [0.1, 0.15) is 12.8 Å². The maximum absolute atomic E-state index is 14.1. The van der Waals surface area contributed by atoms with Crippen LogP contribution in [0, 0.1) is 17.6 Å². The van der Waals surface area contributed by atoms with Crippen molar-refractivity contribution < 1.29 is 22.0 Å². The van der Waals surface area contributed by atoms with Crippen molar-refractivity contribution in [3.05, 3.63) is 53.0 Å². The first-order valence-corrected chi connectivity index (χ1v) is 7.66. The Morgan fingerprint density at radius 1 is 1.21 bits per heavy atom. The minimum atomic E-state index is -4.59. The van der Waals surface area contributed by atoms with Crippen molar-refractivity contribution in [2.45, 2.75) is 25.1 Å². The molecule has 0 radical (unpaired) electrons. The van der Waals surface area contributed by atoms with Gasteiger partial charge >= 0.3 is 6.18 Å². The van der Waals surface area contributed by atoms with Gasteiger partial charge < -0.3 is 0 Å². The van der Waals surface area contributed by atoms with Gasteiger partial charge in [-0.25, -0.2) is 8.78 Å². The topological polar surface area (TPSA) is 15.6 Å². The molecule has 24 heavy (non-hydrogen) atoms. The number of allylic oxidation sites excluding steroid dienone is 2. The Morgan fingerprint density at radius 2 is 1.96 bits per heavy atom. The third-order valence-electron chi connectivity index (χ3n) is 4.04. The zero-order chi connectivity index (χ0) is 17.5. The van der Waals surface area contributed by atoms with Crippen LogP contribution in [0.5, 0.6) is 0 Å². The second kappa shape index (κ2) is 6.23. The molecule has 3 rings (SSSR count). The van der Waals surface area contributed by atoms with E-state index >= 15 is 0 Å². The Morgan fingerprint density at radius 3 is 2.54 bits per heavy atom. The molecule has 0 saturated heterocycles. The third kappa shape index (κ3) is 3.33. The zero-order valence-corrected chi connectivity index (χ0v) is 13.2. The van der Waals surface area contributed by atoms with Crippen molar-refractivity contribution in [1.29, 1.82) is 0 Å². The Kier molecular flexibility index (Phi) is 4.42. The summed E-state index contributed by atoms with van der Waals surface area (Å²) < 4.78 is 66.3. The third-order valence-corrected chi connectivity index (χ3v) is 4.37. The average Bonchev–Trinajstić information content (AvgIpc) is 2.93. The van der Waals surface area contributed by atoms with E-state index in [0.717, 1.165) is 22.0 Å². The molecular formula is C16H13F5N2S. The predicted octanol–water partition coefficient (Wildman–Crippen LogP) is 4.85. The summed E-state index contributed by atoms with van der Waals surface area (Å²) in [6.45, 7) is 0. The number of hydrogen-bond donors (Lipinski definition) is 1. The molecule has 1 aromatic carbocycles. The van der Waals surface area contributed by atoms with Gasteiger partial charge in [-0.1, -0.05) is 18.2 Å². The largest absolute Gasteiger partial charge is 0.431 e. The van der Waals surface area contributed by atoms with Gasteiger partial charge in [0.25, 0.3) is 0 Å². The lowest BCUT2D eigenvalue weighted by Gasteiger charge is -2.30. The van der Waals surface area contributed by atoms with E-state index in [9.17, 15) is 22.0 Å². The number of nitrogens with zero attached hydrogens (tertiary/aromatic N) is 2. The molecule has 128 valence electrons. The highest BCUT2D eigenvalue weighted by atomic mass is 32.1. The summed E-state index contributed by atoms with van der Waals surface area (Å²) in [7, 11) is 0. The first-order valence-electron chi connectivity index (χ1n) is 7.22. The quantitative estimate of drug-likeness (QED) is 0.589. The molecule has 0 aromatic heterocycles. The molecule has 2 aliphatic rings. The molecule has 0 bridgehead atoms. The van der Waals surface area contributed by atoms with Crippen LogP contribution in [0.15, 0.2) is 46.4 Å². The summed E-state index contributed by atoms with van der Waals surface area (Å²) in [5, 5.41) is 4.60. The van der Waals surface area contributed by atoms with Crippen molar-refractivity contribution >= 4 is 24.0 Å². The van der Waals surface area contributed by atoms with Crippen LogP contribution in [0.2, 0.25) is 0 Å². The van der Waals surface area contributed by atoms with E-state index < -0.39 is 29.6 Å². The molecule has 2 nitrogen and oxygen atoms in total. The second-order valence-corrected chi connectivity index (χ2v) is 6.16. The van der Waals surface area contributed by atoms with Gasteiger partial charge in [0.2, 0.25) is 0 Å². The number of thiol groups is 1. The summed E-state index contributed by atoms with van der Waals surface area (Å²) in [6.07, 6.45) is 0.758. The second-order valence-electron chi connectivity index (χ2n) is 5.64. The maximum atomic E-state index is 14.1.